The molecule has 0 aliphatic heterocycles. The molecule has 7 heteroatoms. The molecule has 2 N–H and O–H groups in total. The molecule has 22 heavy (non-hydrogen) atoms. The van der Waals surface area contributed by atoms with E-state index in [2.05, 4.69) is 20.7 Å². The second-order valence-electron chi connectivity index (χ2n) is 4.93. The Morgan fingerprint density at radius 1 is 1.23 bits per heavy atom. The fourth-order valence-electron chi connectivity index (χ4n) is 2.23. The summed E-state index contributed by atoms with van der Waals surface area (Å²) in [5.41, 5.74) is 2.89. The van der Waals surface area contributed by atoms with Gasteiger partial charge in [0, 0.05) is 18.7 Å². The van der Waals surface area contributed by atoms with E-state index in [1.807, 2.05) is 43.4 Å². The Balaban J connectivity index is 1.83. The summed E-state index contributed by atoms with van der Waals surface area (Å²) in [6.07, 6.45) is 1.72. The van der Waals surface area contributed by atoms with E-state index in [1.165, 1.54) is 0 Å². The van der Waals surface area contributed by atoms with Crippen LogP contribution in [-0.2, 0) is 20.1 Å². The van der Waals surface area contributed by atoms with E-state index in [-0.39, 0.29) is 6.61 Å². The highest BCUT2D eigenvalue weighted by Gasteiger charge is 2.10. The van der Waals surface area contributed by atoms with Gasteiger partial charge in [0.1, 0.15) is 5.82 Å². The molecule has 114 valence electrons. The van der Waals surface area contributed by atoms with Crippen LogP contribution in [0.1, 0.15) is 5.69 Å². The summed E-state index contributed by atoms with van der Waals surface area (Å²) in [5.74, 6) is 0.856. The number of rotatable bonds is 6. The Morgan fingerprint density at radius 2 is 2.05 bits per heavy atom. The van der Waals surface area contributed by atoms with Crippen molar-refractivity contribution in [3.8, 4) is 11.3 Å². The van der Waals surface area contributed by atoms with E-state index in [1.54, 1.807) is 15.6 Å². The second kappa shape index (κ2) is 6.40. The van der Waals surface area contributed by atoms with E-state index in [0.717, 1.165) is 22.8 Å². The van der Waals surface area contributed by atoms with Crippen LogP contribution in [0.5, 0.6) is 0 Å². The molecule has 0 unspecified atom stereocenters. The summed E-state index contributed by atoms with van der Waals surface area (Å²) in [4.78, 5) is 0. The number of hydrogen-bond acceptors (Lipinski definition) is 5. The van der Waals surface area contributed by atoms with Crippen molar-refractivity contribution in [3.63, 3.8) is 0 Å². The van der Waals surface area contributed by atoms with E-state index in [4.69, 9.17) is 0 Å². The van der Waals surface area contributed by atoms with Gasteiger partial charge in [0.15, 0.2) is 0 Å². The highest BCUT2D eigenvalue weighted by Crippen LogP contribution is 2.22. The van der Waals surface area contributed by atoms with Crippen LogP contribution in [-0.4, -0.2) is 36.5 Å². The lowest BCUT2D eigenvalue weighted by atomic mass is 10.2. The van der Waals surface area contributed by atoms with Crippen LogP contribution >= 0.6 is 0 Å². The number of nitrogens with zero attached hydrogens (tertiary/aromatic N) is 5. The van der Waals surface area contributed by atoms with Gasteiger partial charge in [-0.05, 0) is 0 Å². The summed E-state index contributed by atoms with van der Waals surface area (Å²) in [6.45, 7) is 1.07. The maximum absolute atomic E-state index is 9.21. The fraction of sp³-hybridized carbons (Fsp3) is 0.267. The zero-order valence-electron chi connectivity index (χ0n) is 12.3. The number of nitrogens with one attached hydrogen (secondary N) is 1. The minimum Gasteiger partial charge on any atom is -0.394 e. The molecule has 0 amide bonds. The molecule has 0 aliphatic carbocycles. The predicted octanol–water partition coefficient (Wildman–Crippen LogP) is 1.28. The number of benzene rings is 1. The highest BCUT2D eigenvalue weighted by atomic mass is 16.3. The van der Waals surface area contributed by atoms with Gasteiger partial charge in [0.2, 0.25) is 0 Å². The monoisotopic (exact) mass is 298 g/mol. The third kappa shape index (κ3) is 2.99. The van der Waals surface area contributed by atoms with Crippen LogP contribution in [0, 0.1) is 0 Å². The number of aliphatic hydroxyl groups is 1. The molecule has 7 nitrogen and oxygen atoms in total. The first-order chi connectivity index (χ1) is 10.8. The van der Waals surface area contributed by atoms with Crippen LogP contribution in [0.25, 0.3) is 11.3 Å². The van der Waals surface area contributed by atoms with Gasteiger partial charge in [-0.3, -0.25) is 4.68 Å². The maximum atomic E-state index is 9.21. The van der Waals surface area contributed by atoms with Crippen molar-refractivity contribution >= 4 is 5.82 Å². The molecule has 0 aliphatic rings. The van der Waals surface area contributed by atoms with Crippen LogP contribution in [0.4, 0.5) is 5.82 Å². The SMILES string of the molecule is Cn1nncc1CNc1cc(-c2ccccc2)nn1CCO. The number of anilines is 1. The van der Waals surface area contributed by atoms with Crippen molar-refractivity contribution in [3.05, 3.63) is 48.3 Å². The van der Waals surface area contributed by atoms with Gasteiger partial charge >= 0.3 is 0 Å². The fourth-order valence-corrected chi connectivity index (χ4v) is 2.23. The summed E-state index contributed by atoms with van der Waals surface area (Å²) >= 11 is 0. The van der Waals surface area contributed by atoms with Crippen molar-refractivity contribution in [1.29, 1.82) is 0 Å². The molecule has 1 aromatic carbocycles. The largest absolute Gasteiger partial charge is 0.394 e. The quantitative estimate of drug-likeness (QED) is 0.716. The molecule has 0 saturated heterocycles. The Bertz CT molecular complexity index is 734. The maximum Gasteiger partial charge on any atom is 0.125 e. The number of hydrogen-bond donors (Lipinski definition) is 2. The van der Waals surface area contributed by atoms with Crippen LogP contribution in [0.2, 0.25) is 0 Å². The molecule has 2 aromatic heterocycles. The van der Waals surface area contributed by atoms with E-state index >= 15 is 0 Å². The molecule has 3 rings (SSSR count). The van der Waals surface area contributed by atoms with Gasteiger partial charge < -0.3 is 10.4 Å². The van der Waals surface area contributed by atoms with Gasteiger partial charge in [-0.15, -0.1) is 5.10 Å². The summed E-state index contributed by atoms with van der Waals surface area (Å²) < 4.78 is 3.49. The van der Waals surface area contributed by atoms with Crippen molar-refractivity contribution in [2.45, 2.75) is 13.1 Å². The normalized spacial score (nSPS) is 10.8. The molecular formula is C15H18N6O. The average Bonchev–Trinajstić information content (AvgIpc) is 3.13. The Kier molecular flexibility index (Phi) is 4.15. The molecule has 0 radical (unpaired) electrons. The zero-order chi connectivity index (χ0) is 15.4. The summed E-state index contributed by atoms with van der Waals surface area (Å²) in [6, 6.07) is 11.9. The number of aromatic nitrogens is 5. The van der Waals surface area contributed by atoms with Gasteiger partial charge in [-0.25, -0.2) is 4.68 Å². The molecule has 2 heterocycles. The molecule has 0 bridgehead atoms. The topological polar surface area (TPSA) is 80.8 Å². The minimum atomic E-state index is 0.0395. The minimum absolute atomic E-state index is 0.0395. The number of aryl methyl sites for hydroxylation is 1. The van der Waals surface area contributed by atoms with Gasteiger partial charge in [0.25, 0.3) is 0 Å². The lowest BCUT2D eigenvalue weighted by Crippen LogP contribution is -2.11. The first-order valence-electron chi connectivity index (χ1n) is 7.09. The lowest BCUT2D eigenvalue weighted by molar-refractivity contribution is 0.270. The van der Waals surface area contributed by atoms with E-state index < -0.39 is 0 Å². The lowest BCUT2D eigenvalue weighted by Gasteiger charge is -2.08. The first kappa shape index (κ1) is 14.3. The predicted molar refractivity (Wildman–Crippen MR) is 83.1 cm³/mol. The molecule has 3 aromatic rings. The second-order valence-corrected chi connectivity index (χ2v) is 4.93. The van der Waals surface area contributed by atoms with E-state index in [0.29, 0.717) is 13.1 Å². The molecule has 0 saturated carbocycles. The third-order valence-electron chi connectivity index (χ3n) is 3.42. The average molecular weight is 298 g/mol. The van der Waals surface area contributed by atoms with Crippen LogP contribution in [0.15, 0.2) is 42.6 Å². The molecule has 0 spiro atoms. The Morgan fingerprint density at radius 3 is 2.73 bits per heavy atom. The van der Waals surface area contributed by atoms with Gasteiger partial charge in [-0.2, -0.15) is 5.10 Å². The highest BCUT2D eigenvalue weighted by molar-refractivity contribution is 5.62. The summed E-state index contributed by atoms with van der Waals surface area (Å²) in [7, 11) is 1.85. The van der Waals surface area contributed by atoms with E-state index in [9.17, 15) is 5.11 Å². The van der Waals surface area contributed by atoms with Crippen molar-refractivity contribution < 1.29 is 5.11 Å². The Hall–Kier alpha value is -2.67. The van der Waals surface area contributed by atoms with Crippen molar-refractivity contribution in [2.24, 2.45) is 7.05 Å². The van der Waals surface area contributed by atoms with Crippen LogP contribution in [0.3, 0.4) is 0 Å². The van der Waals surface area contributed by atoms with Crippen molar-refractivity contribution in [2.75, 3.05) is 11.9 Å². The standard InChI is InChI=1S/C15H18N6O/c1-20-13(11-17-19-20)10-16-15-9-14(18-21(15)7-8-22)12-5-3-2-4-6-12/h2-6,9,11,16,22H,7-8,10H2,1H3. The van der Waals surface area contributed by atoms with Gasteiger partial charge in [0.05, 0.1) is 37.3 Å². The molecular weight excluding hydrogens is 280 g/mol. The first-order valence-corrected chi connectivity index (χ1v) is 7.09. The molecule has 0 atom stereocenters. The number of aliphatic hydroxyl groups excluding tert-OH is 1. The van der Waals surface area contributed by atoms with Crippen molar-refractivity contribution in [1.82, 2.24) is 24.8 Å². The zero-order valence-corrected chi connectivity index (χ0v) is 12.3. The smallest absolute Gasteiger partial charge is 0.125 e. The van der Waals surface area contributed by atoms with Crippen LogP contribution < -0.4 is 5.32 Å². The Labute approximate surface area is 128 Å². The third-order valence-corrected chi connectivity index (χ3v) is 3.42. The summed E-state index contributed by atoms with van der Waals surface area (Å²) in [5, 5.41) is 24.8. The van der Waals surface area contributed by atoms with Gasteiger partial charge in [-0.1, -0.05) is 35.5 Å². The molecule has 0 fully saturated rings.